The first kappa shape index (κ1) is 32.5. The van der Waals surface area contributed by atoms with Gasteiger partial charge in [0.15, 0.2) is 0 Å². The number of hydrogen-bond donors (Lipinski definition) is 0. The molecule has 5 aromatic rings. The summed E-state index contributed by atoms with van der Waals surface area (Å²) in [5, 5.41) is 0. The molecule has 0 saturated carbocycles. The van der Waals surface area contributed by atoms with E-state index in [4.69, 9.17) is 0 Å². The van der Waals surface area contributed by atoms with E-state index >= 15 is 0 Å². The largest absolute Gasteiger partial charge is 0.305 e. The molecule has 3 aromatic carbocycles. The first-order valence-corrected chi connectivity index (χ1v) is 15.0. The third kappa shape index (κ3) is 6.59. The van der Waals surface area contributed by atoms with Crippen LogP contribution >= 0.6 is 0 Å². The molecule has 1 aliphatic carbocycles. The van der Waals surface area contributed by atoms with Gasteiger partial charge in [-0.05, 0) is 71.2 Å². The topological polar surface area (TPSA) is 25.8 Å². The van der Waals surface area contributed by atoms with E-state index in [-0.39, 0.29) is 30.9 Å². The van der Waals surface area contributed by atoms with Crippen molar-refractivity contribution in [3.8, 4) is 33.6 Å². The number of rotatable bonds is 4. The zero-order valence-corrected chi connectivity index (χ0v) is 29.1. The molecule has 6 rings (SSSR count). The van der Waals surface area contributed by atoms with E-state index in [1.807, 2.05) is 36.7 Å². The quantitative estimate of drug-likeness (QED) is 0.171. The summed E-state index contributed by atoms with van der Waals surface area (Å²) >= 11 is 0. The number of benzene rings is 3. The molecule has 2 aromatic heterocycles. The van der Waals surface area contributed by atoms with E-state index in [1.54, 1.807) is 0 Å². The van der Waals surface area contributed by atoms with Gasteiger partial charge in [-0.15, -0.1) is 65.2 Å². The summed E-state index contributed by atoms with van der Waals surface area (Å²) in [4.78, 5) is 9.03. The SMILES string of the molecule is CC(C)Cc1ccnc(-c2[c-]cc3c(c2)-c2ccccc2C(C)(C)C3(C)C)c1.Cc1cnc(-c2[c-]cccc2)cc1C.[Ir]. The average Bonchev–Trinajstić information content (AvgIpc) is 2.98. The van der Waals surface area contributed by atoms with Crippen LogP contribution in [0.25, 0.3) is 33.6 Å². The standard InChI is InChI=1S/C27H30N.C13H12N.Ir/c1-18(2)15-19-13-14-28-25(16-19)20-11-12-24-22(17-20)21-9-7-8-10-23(21)26(3,4)27(24,5)6;1-10-8-13(14-9-11(10)2)12-6-4-3-5-7-12;/h7-10,12-14,16-18H,15H2,1-6H3;3-6,8-9H,1-2H3;/q2*-1;. The van der Waals surface area contributed by atoms with Crippen molar-refractivity contribution in [2.24, 2.45) is 5.92 Å². The molecule has 3 heteroatoms. The number of pyridine rings is 2. The van der Waals surface area contributed by atoms with Crippen LogP contribution in [0.1, 0.15) is 69.4 Å². The molecule has 0 spiro atoms. The van der Waals surface area contributed by atoms with Crippen LogP contribution in [0.15, 0.2) is 91.3 Å². The Kier molecular flexibility index (Phi) is 9.89. The Labute approximate surface area is 272 Å². The second kappa shape index (κ2) is 13.1. The van der Waals surface area contributed by atoms with E-state index in [1.165, 1.54) is 38.9 Å². The van der Waals surface area contributed by atoms with Crippen LogP contribution in [-0.4, -0.2) is 9.97 Å². The molecule has 223 valence electrons. The minimum atomic E-state index is 0. The van der Waals surface area contributed by atoms with Crippen molar-refractivity contribution in [1.29, 1.82) is 0 Å². The summed E-state index contributed by atoms with van der Waals surface area (Å²) in [5.41, 5.74) is 13.5. The Morgan fingerprint density at radius 2 is 1.40 bits per heavy atom. The van der Waals surface area contributed by atoms with Crippen molar-refractivity contribution in [1.82, 2.24) is 9.97 Å². The van der Waals surface area contributed by atoms with Crippen LogP contribution < -0.4 is 0 Å². The van der Waals surface area contributed by atoms with Gasteiger partial charge in [0.05, 0.1) is 0 Å². The molecule has 0 aliphatic heterocycles. The first-order valence-electron chi connectivity index (χ1n) is 15.0. The second-order valence-corrected chi connectivity index (χ2v) is 13.0. The van der Waals surface area contributed by atoms with Crippen LogP contribution in [0.2, 0.25) is 0 Å². The normalized spacial score (nSPS) is 14.1. The van der Waals surface area contributed by atoms with Gasteiger partial charge in [-0.1, -0.05) is 94.6 Å². The van der Waals surface area contributed by atoms with Gasteiger partial charge in [-0.2, -0.15) is 0 Å². The second-order valence-electron chi connectivity index (χ2n) is 13.0. The number of hydrogen-bond acceptors (Lipinski definition) is 2. The molecule has 1 radical (unpaired) electrons. The maximum atomic E-state index is 4.66. The van der Waals surface area contributed by atoms with E-state index in [0.29, 0.717) is 5.92 Å². The number of nitrogens with zero attached hydrogens (tertiary/aromatic N) is 2. The van der Waals surface area contributed by atoms with Gasteiger partial charge in [-0.25, -0.2) is 0 Å². The first-order chi connectivity index (χ1) is 20.0. The van der Waals surface area contributed by atoms with E-state index in [2.05, 4.69) is 132 Å². The third-order valence-electron chi connectivity index (χ3n) is 9.18. The predicted molar refractivity (Wildman–Crippen MR) is 177 cm³/mol. The van der Waals surface area contributed by atoms with Crippen molar-refractivity contribution in [2.75, 3.05) is 0 Å². The van der Waals surface area contributed by atoms with Crippen LogP contribution in [0, 0.1) is 31.9 Å². The van der Waals surface area contributed by atoms with Crippen LogP contribution in [-0.2, 0) is 37.4 Å². The molecule has 2 heterocycles. The van der Waals surface area contributed by atoms with E-state index in [9.17, 15) is 0 Å². The van der Waals surface area contributed by atoms with Crippen LogP contribution in [0.5, 0.6) is 0 Å². The van der Waals surface area contributed by atoms with E-state index < -0.39 is 0 Å². The smallest absolute Gasteiger partial charge is 0.0192 e. The summed E-state index contributed by atoms with van der Waals surface area (Å²) in [6.45, 7) is 18.1. The molecule has 0 saturated heterocycles. The van der Waals surface area contributed by atoms with Gasteiger partial charge in [0.25, 0.3) is 0 Å². The van der Waals surface area contributed by atoms with Crippen LogP contribution in [0.3, 0.4) is 0 Å². The van der Waals surface area contributed by atoms with Gasteiger partial charge in [0.2, 0.25) is 0 Å². The number of fused-ring (bicyclic) bond motifs is 3. The summed E-state index contributed by atoms with van der Waals surface area (Å²) in [7, 11) is 0. The monoisotopic (exact) mass is 743 g/mol. The third-order valence-corrected chi connectivity index (χ3v) is 9.18. The molecular formula is C40H42IrN2-2. The molecular weight excluding hydrogens is 701 g/mol. The fourth-order valence-corrected chi connectivity index (χ4v) is 5.86. The molecule has 0 unspecified atom stereocenters. The minimum Gasteiger partial charge on any atom is -0.305 e. The molecule has 0 atom stereocenters. The maximum Gasteiger partial charge on any atom is 0.0192 e. The zero-order chi connectivity index (χ0) is 30.1. The summed E-state index contributed by atoms with van der Waals surface area (Å²) in [6.07, 6.45) is 4.91. The Hall–Kier alpha value is -3.39. The molecule has 1 aliphatic rings. The van der Waals surface area contributed by atoms with Gasteiger partial charge >= 0.3 is 0 Å². The number of aromatic nitrogens is 2. The zero-order valence-electron chi connectivity index (χ0n) is 26.7. The fourth-order valence-electron chi connectivity index (χ4n) is 5.86. The van der Waals surface area contributed by atoms with Crippen molar-refractivity contribution in [3.05, 3.63) is 131 Å². The van der Waals surface area contributed by atoms with Gasteiger partial charge in [0.1, 0.15) is 0 Å². The Morgan fingerprint density at radius 3 is 2.09 bits per heavy atom. The Bertz CT molecular complexity index is 1700. The summed E-state index contributed by atoms with van der Waals surface area (Å²) in [6, 6.07) is 34.4. The Morgan fingerprint density at radius 1 is 0.698 bits per heavy atom. The molecule has 0 N–H and O–H groups in total. The van der Waals surface area contributed by atoms with Crippen LogP contribution in [0.4, 0.5) is 0 Å². The van der Waals surface area contributed by atoms with Gasteiger partial charge in [0, 0.05) is 32.5 Å². The molecule has 0 bridgehead atoms. The maximum absolute atomic E-state index is 4.66. The van der Waals surface area contributed by atoms with E-state index in [0.717, 1.165) is 28.9 Å². The molecule has 43 heavy (non-hydrogen) atoms. The van der Waals surface area contributed by atoms with Crippen molar-refractivity contribution < 1.29 is 20.1 Å². The van der Waals surface area contributed by atoms with Gasteiger partial charge < -0.3 is 9.97 Å². The Balaban J connectivity index is 0.000000238. The van der Waals surface area contributed by atoms with Crippen molar-refractivity contribution in [2.45, 2.75) is 72.6 Å². The molecule has 2 nitrogen and oxygen atoms in total. The summed E-state index contributed by atoms with van der Waals surface area (Å²) in [5.74, 6) is 0.637. The van der Waals surface area contributed by atoms with Crippen molar-refractivity contribution in [3.63, 3.8) is 0 Å². The predicted octanol–water partition coefficient (Wildman–Crippen LogP) is 10.1. The van der Waals surface area contributed by atoms with Gasteiger partial charge in [-0.3, -0.25) is 0 Å². The molecule has 0 amide bonds. The van der Waals surface area contributed by atoms with Crippen molar-refractivity contribution >= 4 is 0 Å². The fraction of sp³-hybridized carbons (Fsp3) is 0.300. The number of aryl methyl sites for hydroxylation is 2. The average molecular weight is 743 g/mol. The minimum absolute atomic E-state index is 0. The summed E-state index contributed by atoms with van der Waals surface area (Å²) < 4.78 is 0. The molecule has 0 fully saturated rings.